The molecule has 0 radical (unpaired) electrons. The standard InChI is InChI=1S/C13H18N2O4/c1-7(2)11-6-10(14-19-11)12(16)15-5-4-9(8(15)3)13(17)18/h6-9H,4-5H2,1-3H3,(H,17,18). The van der Waals surface area contributed by atoms with Gasteiger partial charge < -0.3 is 14.5 Å². The Kier molecular flexibility index (Phi) is 3.59. The summed E-state index contributed by atoms with van der Waals surface area (Å²) in [6.07, 6.45) is 0.483. The van der Waals surface area contributed by atoms with E-state index in [1.807, 2.05) is 13.8 Å². The van der Waals surface area contributed by atoms with Gasteiger partial charge in [-0.1, -0.05) is 19.0 Å². The zero-order valence-corrected chi connectivity index (χ0v) is 11.3. The highest BCUT2D eigenvalue weighted by atomic mass is 16.5. The molecule has 1 aliphatic rings. The SMILES string of the molecule is CC(C)c1cc(C(=O)N2CCC(C(=O)O)C2C)no1. The van der Waals surface area contributed by atoms with Crippen LogP contribution in [0.2, 0.25) is 0 Å². The van der Waals surface area contributed by atoms with Crippen LogP contribution in [0.1, 0.15) is 49.4 Å². The minimum Gasteiger partial charge on any atom is -0.481 e. The molecular formula is C13H18N2O4. The lowest BCUT2D eigenvalue weighted by Gasteiger charge is -2.21. The highest BCUT2D eigenvalue weighted by molar-refractivity contribution is 5.93. The van der Waals surface area contributed by atoms with Crippen molar-refractivity contribution >= 4 is 11.9 Å². The number of carboxylic acid groups (broad SMARTS) is 1. The number of amides is 1. The fourth-order valence-corrected chi connectivity index (χ4v) is 2.37. The zero-order chi connectivity index (χ0) is 14.2. The summed E-state index contributed by atoms with van der Waals surface area (Å²) in [7, 11) is 0. The molecule has 1 aromatic heterocycles. The Bertz CT molecular complexity index is 495. The molecule has 1 amide bonds. The summed E-state index contributed by atoms with van der Waals surface area (Å²) in [4.78, 5) is 24.9. The molecule has 0 bridgehead atoms. The highest BCUT2D eigenvalue weighted by Gasteiger charge is 2.39. The van der Waals surface area contributed by atoms with Crippen LogP contribution in [-0.4, -0.2) is 39.6 Å². The van der Waals surface area contributed by atoms with Crippen molar-refractivity contribution in [2.45, 2.75) is 39.2 Å². The van der Waals surface area contributed by atoms with Crippen molar-refractivity contribution in [1.82, 2.24) is 10.1 Å². The fraction of sp³-hybridized carbons (Fsp3) is 0.615. The molecule has 6 heteroatoms. The monoisotopic (exact) mass is 266 g/mol. The number of likely N-dealkylation sites (tertiary alicyclic amines) is 1. The van der Waals surface area contributed by atoms with Crippen LogP contribution in [0.3, 0.4) is 0 Å². The van der Waals surface area contributed by atoms with Gasteiger partial charge in [0.25, 0.3) is 5.91 Å². The van der Waals surface area contributed by atoms with Crippen LogP contribution in [-0.2, 0) is 4.79 Å². The summed E-state index contributed by atoms with van der Waals surface area (Å²) in [5.74, 6) is -0.792. The van der Waals surface area contributed by atoms with Crippen LogP contribution in [0, 0.1) is 5.92 Å². The molecule has 1 saturated heterocycles. The predicted molar refractivity (Wildman–Crippen MR) is 66.8 cm³/mol. The van der Waals surface area contributed by atoms with Crippen molar-refractivity contribution in [3.05, 3.63) is 17.5 Å². The molecule has 2 atom stereocenters. The predicted octanol–water partition coefficient (Wildman–Crippen LogP) is 1.73. The molecule has 2 rings (SSSR count). The van der Waals surface area contributed by atoms with Gasteiger partial charge in [-0.2, -0.15) is 0 Å². The van der Waals surface area contributed by atoms with Gasteiger partial charge in [0.1, 0.15) is 5.76 Å². The maximum absolute atomic E-state index is 12.3. The molecule has 0 saturated carbocycles. The lowest BCUT2D eigenvalue weighted by atomic mass is 10.0. The maximum atomic E-state index is 12.3. The van der Waals surface area contributed by atoms with Crippen molar-refractivity contribution in [1.29, 1.82) is 0 Å². The first-order valence-corrected chi connectivity index (χ1v) is 6.42. The average Bonchev–Trinajstić information content (AvgIpc) is 2.94. The lowest BCUT2D eigenvalue weighted by Crippen LogP contribution is -2.37. The molecule has 19 heavy (non-hydrogen) atoms. The molecule has 0 aliphatic carbocycles. The normalized spacial score (nSPS) is 23.1. The van der Waals surface area contributed by atoms with E-state index in [-0.39, 0.29) is 23.6 Å². The van der Waals surface area contributed by atoms with E-state index >= 15 is 0 Å². The van der Waals surface area contributed by atoms with E-state index in [2.05, 4.69) is 5.16 Å². The third-order valence-electron chi connectivity index (χ3n) is 3.65. The number of aromatic nitrogens is 1. The number of rotatable bonds is 3. The van der Waals surface area contributed by atoms with Gasteiger partial charge in [-0.15, -0.1) is 0 Å². The van der Waals surface area contributed by atoms with Crippen molar-refractivity contribution < 1.29 is 19.2 Å². The molecule has 6 nitrogen and oxygen atoms in total. The van der Waals surface area contributed by atoms with Gasteiger partial charge >= 0.3 is 5.97 Å². The number of hydrogen-bond donors (Lipinski definition) is 1. The lowest BCUT2D eigenvalue weighted by molar-refractivity contribution is -0.142. The molecule has 0 spiro atoms. The van der Waals surface area contributed by atoms with Crippen LogP contribution in [0.25, 0.3) is 0 Å². The van der Waals surface area contributed by atoms with Crippen LogP contribution < -0.4 is 0 Å². The van der Waals surface area contributed by atoms with Crippen molar-refractivity contribution in [2.75, 3.05) is 6.54 Å². The first kappa shape index (κ1) is 13.6. The number of hydrogen-bond acceptors (Lipinski definition) is 4. The van der Waals surface area contributed by atoms with E-state index < -0.39 is 11.9 Å². The van der Waals surface area contributed by atoms with E-state index in [0.717, 1.165) is 0 Å². The highest BCUT2D eigenvalue weighted by Crippen LogP contribution is 2.26. The summed E-state index contributed by atoms with van der Waals surface area (Å²) in [6, 6.07) is 1.32. The minimum absolute atomic E-state index is 0.164. The van der Waals surface area contributed by atoms with Crippen molar-refractivity contribution in [3.63, 3.8) is 0 Å². The second-order valence-corrected chi connectivity index (χ2v) is 5.24. The van der Waals surface area contributed by atoms with E-state index in [1.54, 1.807) is 17.9 Å². The van der Waals surface area contributed by atoms with Gasteiger partial charge in [0.2, 0.25) is 0 Å². The van der Waals surface area contributed by atoms with Crippen LogP contribution >= 0.6 is 0 Å². The minimum atomic E-state index is -0.856. The summed E-state index contributed by atoms with van der Waals surface area (Å²) in [5, 5.41) is 12.8. The summed E-state index contributed by atoms with van der Waals surface area (Å²) >= 11 is 0. The summed E-state index contributed by atoms with van der Waals surface area (Å²) in [6.45, 7) is 6.11. The Morgan fingerprint density at radius 1 is 1.53 bits per heavy atom. The van der Waals surface area contributed by atoms with E-state index in [0.29, 0.717) is 18.7 Å². The number of carboxylic acids is 1. The van der Waals surface area contributed by atoms with Gasteiger partial charge in [0.15, 0.2) is 5.69 Å². The Morgan fingerprint density at radius 3 is 2.68 bits per heavy atom. The van der Waals surface area contributed by atoms with Crippen LogP contribution in [0.15, 0.2) is 10.6 Å². The first-order valence-electron chi connectivity index (χ1n) is 6.42. The van der Waals surface area contributed by atoms with Crippen molar-refractivity contribution in [2.24, 2.45) is 5.92 Å². The topological polar surface area (TPSA) is 83.6 Å². The van der Waals surface area contributed by atoms with Gasteiger partial charge in [-0.05, 0) is 13.3 Å². The number of aliphatic carboxylic acids is 1. The third kappa shape index (κ3) is 2.47. The number of nitrogens with zero attached hydrogens (tertiary/aromatic N) is 2. The molecular weight excluding hydrogens is 248 g/mol. The fourth-order valence-electron chi connectivity index (χ4n) is 2.37. The van der Waals surface area contributed by atoms with Gasteiger partial charge in [0, 0.05) is 24.6 Å². The Labute approximate surface area is 111 Å². The Hall–Kier alpha value is -1.85. The average molecular weight is 266 g/mol. The van der Waals surface area contributed by atoms with Crippen molar-refractivity contribution in [3.8, 4) is 0 Å². The van der Waals surface area contributed by atoms with E-state index in [4.69, 9.17) is 9.63 Å². The number of carbonyl (C=O) groups is 2. The number of carbonyl (C=O) groups excluding carboxylic acids is 1. The zero-order valence-electron chi connectivity index (χ0n) is 11.3. The Balaban J connectivity index is 2.14. The summed E-state index contributed by atoms with van der Waals surface area (Å²) < 4.78 is 5.10. The van der Waals surface area contributed by atoms with E-state index in [1.165, 1.54) is 0 Å². The molecule has 1 aromatic rings. The van der Waals surface area contributed by atoms with Gasteiger partial charge in [-0.25, -0.2) is 0 Å². The first-order chi connectivity index (χ1) is 8.91. The van der Waals surface area contributed by atoms with Crippen LogP contribution in [0.4, 0.5) is 0 Å². The summed E-state index contributed by atoms with van der Waals surface area (Å²) in [5.41, 5.74) is 0.251. The van der Waals surface area contributed by atoms with Gasteiger partial charge in [-0.3, -0.25) is 9.59 Å². The molecule has 1 N–H and O–H groups in total. The maximum Gasteiger partial charge on any atom is 0.308 e. The quantitative estimate of drug-likeness (QED) is 0.900. The molecule has 2 heterocycles. The Morgan fingerprint density at radius 2 is 2.21 bits per heavy atom. The van der Waals surface area contributed by atoms with E-state index in [9.17, 15) is 9.59 Å². The largest absolute Gasteiger partial charge is 0.481 e. The molecule has 104 valence electrons. The molecule has 2 unspecified atom stereocenters. The smallest absolute Gasteiger partial charge is 0.308 e. The molecule has 0 aromatic carbocycles. The molecule has 1 aliphatic heterocycles. The third-order valence-corrected chi connectivity index (χ3v) is 3.65. The van der Waals surface area contributed by atoms with Crippen LogP contribution in [0.5, 0.6) is 0 Å². The van der Waals surface area contributed by atoms with Gasteiger partial charge in [0.05, 0.1) is 5.92 Å². The molecule has 1 fully saturated rings. The second kappa shape index (κ2) is 5.03. The second-order valence-electron chi connectivity index (χ2n) is 5.24.